The third-order valence-corrected chi connectivity index (χ3v) is 7.70. The second-order valence-electron chi connectivity index (χ2n) is 7.57. The smallest absolute Gasteiger partial charge is 0.251 e. The number of hydrogen-bond donors (Lipinski definition) is 1. The number of amides is 1. The molecule has 2 aromatic rings. The Kier molecular flexibility index (Phi) is 5.74. The molecule has 27 heavy (non-hydrogen) atoms. The molecule has 146 valence electrons. The summed E-state index contributed by atoms with van der Waals surface area (Å²) >= 11 is 1.67. The zero-order chi connectivity index (χ0) is 19.7. The number of carbonyl (C=O) groups is 1. The maximum absolute atomic E-state index is 13.1. The molecule has 1 aliphatic rings. The summed E-state index contributed by atoms with van der Waals surface area (Å²) in [6.45, 7) is 6.87. The summed E-state index contributed by atoms with van der Waals surface area (Å²) in [4.78, 5) is 14.0. The normalized spacial score (nSPS) is 15.4. The molecule has 2 heterocycles. The third kappa shape index (κ3) is 4.42. The Bertz CT molecular complexity index is 932. The van der Waals surface area contributed by atoms with Crippen molar-refractivity contribution >= 4 is 27.3 Å². The summed E-state index contributed by atoms with van der Waals surface area (Å²) < 4.78 is 27.7. The molecule has 1 amide bonds. The van der Waals surface area contributed by atoms with Gasteiger partial charge in [-0.2, -0.15) is 4.31 Å². The minimum absolute atomic E-state index is 0.169. The number of nitrogens with zero attached hydrogens (tertiary/aromatic N) is 1. The number of thiophene rings is 1. The minimum Gasteiger partial charge on any atom is -0.347 e. The molecule has 1 aliphatic heterocycles. The van der Waals surface area contributed by atoms with Crippen molar-refractivity contribution in [3.05, 3.63) is 51.7 Å². The Morgan fingerprint density at radius 1 is 1.30 bits per heavy atom. The molecular formula is C20H26N2O3S2. The molecule has 0 radical (unpaired) electrons. The minimum atomic E-state index is -3.63. The molecule has 1 aromatic heterocycles. The fraction of sp³-hybridized carbons (Fsp3) is 0.450. The summed E-state index contributed by atoms with van der Waals surface area (Å²) in [5, 5.41) is 5.00. The number of fused-ring (bicyclic) bond motifs is 1. The lowest BCUT2D eigenvalue weighted by atomic mass is 9.98. The lowest BCUT2D eigenvalue weighted by molar-refractivity contribution is 0.0909. The van der Waals surface area contributed by atoms with E-state index in [0.717, 1.165) is 24.8 Å². The van der Waals surface area contributed by atoms with Crippen molar-refractivity contribution in [1.29, 1.82) is 0 Å². The van der Waals surface area contributed by atoms with Crippen LogP contribution in [0.15, 0.2) is 40.6 Å². The van der Waals surface area contributed by atoms with Crippen LogP contribution >= 0.6 is 11.3 Å². The molecule has 5 nitrogen and oxygen atoms in total. The van der Waals surface area contributed by atoms with Gasteiger partial charge in [-0.25, -0.2) is 8.42 Å². The average Bonchev–Trinajstić information content (AvgIpc) is 3.09. The van der Waals surface area contributed by atoms with E-state index < -0.39 is 10.0 Å². The lowest BCUT2D eigenvalue weighted by Gasteiger charge is -2.27. The van der Waals surface area contributed by atoms with Gasteiger partial charge in [0.2, 0.25) is 10.0 Å². The van der Waals surface area contributed by atoms with Crippen molar-refractivity contribution in [3.63, 3.8) is 0 Å². The SMILES string of the molecule is CCCC(C)(C)NC(=O)c1cccc(S(=O)(=O)N2CCc3sccc3C2)c1. The number of rotatable bonds is 6. The molecule has 0 unspecified atom stereocenters. The van der Waals surface area contributed by atoms with Gasteiger partial charge in [0, 0.05) is 29.1 Å². The number of hydrogen-bond acceptors (Lipinski definition) is 4. The monoisotopic (exact) mass is 406 g/mol. The molecule has 0 atom stereocenters. The fourth-order valence-corrected chi connectivity index (χ4v) is 5.80. The highest BCUT2D eigenvalue weighted by molar-refractivity contribution is 7.89. The van der Waals surface area contributed by atoms with Gasteiger partial charge in [0.1, 0.15) is 0 Å². The first-order chi connectivity index (χ1) is 12.7. The first-order valence-electron chi connectivity index (χ1n) is 9.21. The second-order valence-corrected chi connectivity index (χ2v) is 10.5. The van der Waals surface area contributed by atoms with Crippen LogP contribution in [0.5, 0.6) is 0 Å². The van der Waals surface area contributed by atoms with Crippen molar-refractivity contribution in [3.8, 4) is 0 Å². The summed E-state index contributed by atoms with van der Waals surface area (Å²) in [5.74, 6) is -0.246. The maximum atomic E-state index is 13.1. The van der Waals surface area contributed by atoms with E-state index in [9.17, 15) is 13.2 Å². The quantitative estimate of drug-likeness (QED) is 0.793. The number of sulfonamides is 1. The van der Waals surface area contributed by atoms with Gasteiger partial charge in [-0.05, 0) is 61.9 Å². The summed E-state index contributed by atoms with van der Waals surface area (Å²) in [5.41, 5.74) is 1.11. The van der Waals surface area contributed by atoms with Crippen LogP contribution in [-0.4, -0.2) is 30.7 Å². The zero-order valence-electron chi connectivity index (χ0n) is 16.0. The number of nitrogens with one attached hydrogen (secondary N) is 1. The molecular weight excluding hydrogens is 380 g/mol. The molecule has 3 rings (SSSR count). The predicted octanol–water partition coefficient (Wildman–Crippen LogP) is 3.80. The highest BCUT2D eigenvalue weighted by Gasteiger charge is 2.29. The van der Waals surface area contributed by atoms with Gasteiger partial charge in [0.05, 0.1) is 4.90 Å². The van der Waals surface area contributed by atoms with E-state index in [1.807, 2.05) is 25.3 Å². The molecule has 0 spiro atoms. The van der Waals surface area contributed by atoms with Crippen LogP contribution in [0.2, 0.25) is 0 Å². The van der Waals surface area contributed by atoms with Crippen LogP contribution in [0.3, 0.4) is 0 Å². The Morgan fingerprint density at radius 3 is 2.81 bits per heavy atom. The van der Waals surface area contributed by atoms with Crippen molar-refractivity contribution in [2.75, 3.05) is 6.54 Å². The first-order valence-corrected chi connectivity index (χ1v) is 11.5. The molecule has 7 heteroatoms. The number of benzene rings is 1. The van der Waals surface area contributed by atoms with Gasteiger partial charge in [-0.1, -0.05) is 19.4 Å². The van der Waals surface area contributed by atoms with Crippen LogP contribution in [0.1, 0.15) is 54.4 Å². The molecule has 1 N–H and O–H groups in total. The molecule has 0 aliphatic carbocycles. The van der Waals surface area contributed by atoms with E-state index in [2.05, 4.69) is 12.2 Å². The highest BCUT2D eigenvalue weighted by Crippen LogP contribution is 2.28. The van der Waals surface area contributed by atoms with Crippen molar-refractivity contribution in [2.45, 2.75) is 57.0 Å². The van der Waals surface area contributed by atoms with Crippen LogP contribution < -0.4 is 5.32 Å². The second kappa shape index (κ2) is 7.73. The van der Waals surface area contributed by atoms with Gasteiger partial charge in [-0.15, -0.1) is 11.3 Å². The summed E-state index contributed by atoms with van der Waals surface area (Å²) in [6, 6.07) is 8.32. The molecule has 0 fully saturated rings. The van der Waals surface area contributed by atoms with E-state index >= 15 is 0 Å². The zero-order valence-corrected chi connectivity index (χ0v) is 17.6. The molecule has 0 saturated heterocycles. The van der Waals surface area contributed by atoms with Crippen LogP contribution in [-0.2, 0) is 23.0 Å². The largest absolute Gasteiger partial charge is 0.347 e. The van der Waals surface area contributed by atoms with Crippen LogP contribution in [0.25, 0.3) is 0 Å². The van der Waals surface area contributed by atoms with E-state index in [0.29, 0.717) is 18.7 Å². The standard InChI is InChI=1S/C20H26N2O3S2/c1-4-10-20(2,3)21-19(23)15-6-5-7-17(13-15)27(24,25)22-11-8-18-16(14-22)9-12-26-18/h5-7,9,12-13H,4,8,10-11,14H2,1-3H3,(H,21,23). The maximum Gasteiger partial charge on any atom is 0.251 e. The predicted molar refractivity (Wildman–Crippen MR) is 109 cm³/mol. The fourth-order valence-electron chi connectivity index (χ4n) is 3.44. The lowest BCUT2D eigenvalue weighted by Crippen LogP contribution is -2.43. The van der Waals surface area contributed by atoms with Crippen molar-refractivity contribution < 1.29 is 13.2 Å². The van der Waals surface area contributed by atoms with Gasteiger partial charge >= 0.3 is 0 Å². The highest BCUT2D eigenvalue weighted by atomic mass is 32.2. The van der Waals surface area contributed by atoms with Crippen LogP contribution in [0.4, 0.5) is 0 Å². The number of carbonyl (C=O) groups excluding carboxylic acids is 1. The third-order valence-electron chi connectivity index (χ3n) is 4.83. The van der Waals surface area contributed by atoms with E-state index in [1.165, 1.54) is 15.2 Å². The topological polar surface area (TPSA) is 66.5 Å². The van der Waals surface area contributed by atoms with Crippen LogP contribution in [0, 0.1) is 0 Å². The van der Waals surface area contributed by atoms with E-state index in [-0.39, 0.29) is 16.3 Å². The van der Waals surface area contributed by atoms with Gasteiger partial charge in [0.15, 0.2) is 0 Å². The Morgan fingerprint density at radius 2 is 2.07 bits per heavy atom. The van der Waals surface area contributed by atoms with E-state index in [1.54, 1.807) is 29.5 Å². The average molecular weight is 407 g/mol. The molecule has 0 saturated carbocycles. The van der Waals surface area contributed by atoms with E-state index in [4.69, 9.17) is 0 Å². The molecule has 0 bridgehead atoms. The molecule has 1 aromatic carbocycles. The summed E-state index contributed by atoms with van der Waals surface area (Å²) in [7, 11) is -3.63. The van der Waals surface area contributed by atoms with Crippen molar-refractivity contribution in [2.24, 2.45) is 0 Å². The van der Waals surface area contributed by atoms with Gasteiger partial charge in [-0.3, -0.25) is 4.79 Å². The Balaban J connectivity index is 1.81. The Hall–Kier alpha value is -1.70. The summed E-state index contributed by atoms with van der Waals surface area (Å²) in [6.07, 6.45) is 2.55. The van der Waals surface area contributed by atoms with Gasteiger partial charge < -0.3 is 5.32 Å². The van der Waals surface area contributed by atoms with Crippen molar-refractivity contribution in [1.82, 2.24) is 9.62 Å². The van der Waals surface area contributed by atoms with Gasteiger partial charge in [0.25, 0.3) is 5.91 Å². The Labute approximate surface area is 165 Å². The first kappa shape index (κ1) is 20.0.